The summed E-state index contributed by atoms with van der Waals surface area (Å²) in [5.41, 5.74) is 2.80. The van der Waals surface area contributed by atoms with Gasteiger partial charge in [0.25, 0.3) is 0 Å². The van der Waals surface area contributed by atoms with E-state index in [9.17, 15) is 14.7 Å². The summed E-state index contributed by atoms with van der Waals surface area (Å²) in [7, 11) is 0. The van der Waals surface area contributed by atoms with Crippen LogP contribution in [0, 0.1) is 0 Å². The number of hydrogen-bond acceptors (Lipinski definition) is 4. The van der Waals surface area contributed by atoms with Crippen molar-refractivity contribution in [3.63, 3.8) is 0 Å². The topological polar surface area (TPSA) is 67.5 Å². The Morgan fingerprint density at radius 2 is 1.42 bits per heavy atom. The second-order valence-corrected chi connectivity index (χ2v) is 5.88. The number of carbonyl (C=O) groups excluding carboxylic acids is 2. The van der Waals surface area contributed by atoms with Crippen molar-refractivity contribution in [1.82, 2.24) is 0 Å². The molecule has 0 spiro atoms. The lowest BCUT2D eigenvalue weighted by Gasteiger charge is -2.05. The van der Waals surface area contributed by atoms with E-state index in [4.69, 9.17) is 4.42 Å². The number of hydrogen-bond donors (Lipinski definition) is 1. The second kappa shape index (κ2) is 6.33. The summed E-state index contributed by atoms with van der Waals surface area (Å²) < 4.78 is 6.03. The standard InChI is InChI=1S/C22H14O4/c23-12-16-11-17-19(14-7-3-1-4-8-14)21(15-9-5-2-6-10-15)26-22(17)18(13-24)20(16)25/h1-13,25H. The SMILES string of the molecule is O=Cc1cc2c(-c3ccccc3)c(-c3ccccc3)oc2c(C=O)c1O. The molecule has 126 valence electrons. The third-order valence-electron chi connectivity index (χ3n) is 4.36. The predicted octanol–water partition coefficient (Wildman–Crippen LogP) is 5.10. The number of rotatable bonds is 4. The van der Waals surface area contributed by atoms with Gasteiger partial charge in [0.1, 0.15) is 22.7 Å². The van der Waals surface area contributed by atoms with Crippen molar-refractivity contribution in [3.05, 3.63) is 77.9 Å². The monoisotopic (exact) mass is 342 g/mol. The van der Waals surface area contributed by atoms with Gasteiger partial charge in [0.2, 0.25) is 0 Å². The highest BCUT2D eigenvalue weighted by Crippen LogP contribution is 2.44. The molecule has 0 saturated carbocycles. The highest BCUT2D eigenvalue weighted by molar-refractivity contribution is 6.10. The summed E-state index contributed by atoms with van der Waals surface area (Å²) in [6.07, 6.45) is 1.05. The van der Waals surface area contributed by atoms with E-state index in [1.165, 1.54) is 0 Å². The first kappa shape index (κ1) is 15.8. The molecule has 0 radical (unpaired) electrons. The second-order valence-electron chi connectivity index (χ2n) is 5.88. The lowest BCUT2D eigenvalue weighted by atomic mass is 9.96. The molecule has 0 amide bonds. The fourth-order valence-electron chi connectivity index (χ4n) is 3.15. The normalized spacial score (nSPS) is 10.8. The Hall–Kier alpha value is -3.66. The van der Waals surface area contributed by atoms with E-state index in [0.29, 0.717) is 23.7 Å². The Kier molecular flexibility index (Phi) is 3.86. The van der Waals surface area contributed by atoms with Crippen LogP contribution in [0.1, 0.15) is 20.7 Å². The molecule has 26 heavy (non-hydrogen) atoms. The first-order valence-electron chi connectivity index (χ1n) is 8.08. The first-order chi connectivity index (χ1) is 12.7. The maximum absolute atomic E-state index is 11.6. The molecule has 0 unspecified atom stereocenters. The molecular weight excluding hydrogens is 328 g/mol. The molecular formula is C22H14O4. The van der Waals surface area contributed by atoms with Gasteiger partial charge in [-0.15, -0.1) is 0 Å². The van der Waals surface area contributed by atoms with Crippen LogP contribution in [0.25, 0.3) is 33.4 Å². The van der Waals surface area contributed by atoms with E-state index in [1.807, 2.05) is 60.7 Å². The Morgan fingerprint density at radius 3 is 2.00 bits per heavy atom. The smallest absolute Gasteiger partial charge is 0.157 e. The zero-order valence-corrected chi connectivity index (χ0v) is 13.7. The number of carbonyl (C=O) groups is 2. The molecule has 0 bridgehead atoms. The minimum absolute atomic E-state index is 0.0241. The summed E-state index contributed by atoms with van der Waals surface area (Å²) in [4.78, 5) is 22.9. The average Bonchev–Trinajstić information content (AvgIpc) is 3.08. The minimum atomic E-state index is -0.365. The predicted molar refractivity (Wildman–Crippen MR) is 99.5 cm³/mol. The highest BCUT2D eigenvalue weighted by Gasteiger charge is 2.23. The van der Waals surface area contributed by atoms with Crippen LogP contribution in [-0.4, -0.2) is 17.7 Å². The summed E-state index contributed by atoms with van der Waals surface area (Å²) in [5, 5.41) is 10.8. The number of benzene rings is 3. The molecule has 1 N–H and O–H groups in total. The van der Waals surface area contributed by atoms with Crippen LogP contribution in [0.5, 0.6) is 5.75 Å². The number of fused-ring (bicyclic) bond motifs is 1. The van der Waals surface area contributed by atoms with E-state index in [0.717, 1.165) is 16.7 Å². The zero-order valence-electron chi connectivity index (χ0n) is 13.7. The molecule has 0 aliphatic rings. The summed E-state index contributed by atoms with van der Waals surface area (Å²) in [6, 6.07) is 20.7. The van der Waals surface area contributed by atoms with Crippen molar-refractivity contribution in [1.29, 1.82) is 0 Å². The molecule has 0 saturated heterocycles. The molecule has 0 atom stereocenters. The Bertz CT molecular complexity index is 1110. The third-order valence-corrected chi connectivity index (χ3v) is 4.36. The number of phenolic OH excluding ortho intramolecular Hbond substituents is 1. The molecule has 0 aliphatic heterocycles. The molecule has 1 aromatic heterocycles. The van der Waals surface area contributed by atoms with Gasteiger partial charge in [-0.1, -0.05) is 60.7 Å². The number of aromatic hydroxyl groups is 1. The number of phenols is 1. The van der Waals surface area contributed by atoms with E-state index >= 15 is 0 Å². The van der Waals surface area contributed by atoms with Crippen LogP contribution in [0.3, 0.4) is 0 Å². The molecule has 3 aromatic carbocycles. The Morgan fingerprint density at radius 1 is 0.808 bits per heavy atom. The van der Waals surface area contributed by atoms with Gasteiger partial charge in [-0.05, 0) is 11.6 Å². The summed E-state index contributed by atoms with van der Waals surface area (Å²) in [5.74, 6) is 0.216. The highest BCUT2D eigenvalue weighted by atomic mass is 16.3. The molecule has 4 rings (SSSR count). The van der Waals surface area contributed by atoms with Crippen LogP contribution in [0.15, 0.2) is 71.1 Å². The number of furan rings is 1. The molecule has 0 fully saturated rings. The Balaban J connectivity index is 2.17. The van der Waals surface area contributed by atoms with Gasteiger partial charge in [0, 0.05) is 16.5 Å². The van der Waals surface area contributed by atoms with Gasteiger partial charge in [-0.3, -0.25) is 9.59 Å². The summed E-state index contributed by atoms with van der Waals surface area (Å²) in [6.45, 7) is 0. The van der Waals surface area contributed by atoms with Gasteiger partial charge >= 0.3 is 0 Å². The fourth-order valence-corrected chi connectivity index (χ4v) is 3.15. The van der Waals surface area contributed by atoms with Crippen molar-refractivity contribution in [2.24, 2.45) is 0 Å². The van der Waals surface area contributed by atoms with E-state index in [1.54, 1.807) is 6.07 Å². The third kappa shape index (κ3) is 2.40. The minimum Gasteiger partial charge on any atom is -0.506 e. The van der Waals surface area contributed by atoms with Crippen LogP contribution in [-0.2, 0) is 0 Å². The molecule has 0 aliphatic carbocycles. The van der Waals surface area contributed by atoms with Gasteiger partial charge in [0.15, 0.2) is 12.6 Å². The lowest BCUT2D eigenvalue weighted by Crippen LogP contribution is -1.90. The first-order valence-corrected chi connectivity index (χ1v) is 8.08. The van der Waals surface area contributed by atoms with Gasteiger partial charge in [-0.25, -0.2) is 0 Å². The van der Waals surface area contributed by atoms with Gasteiger partial charge in [0.05, 0.1) is 5.56 Å². The van der Waals surface area contributed by atoms with Crippen LogP contribution in [0.4, 0.5) is 0 Å². The maximum Gasteiger partial charge on any atom is 0.157 e. The quantitative estimate of drug-likeness (QED) is 0.524. The Labute approximate surface area is 149 Å². The lowest BCUT2D eigenvalue weighted by molar-refractivity contribution is 0.112. The zero-order chi connectivity index (χ0) is 18.1. The van der Waals surface area contributed by atoms with Crippen molar-refractivity contribution >= 4 is 23.5 Å². The molecule has 4 heteroatoms. The van der Waals surface area contributed by atoms with E-state index in [-0.39, 0.29) is 22.5 Å². The molecule has 4 nitrogen and oxygen atoms in total. The van der Waals surface area contributed by atoms with Crippen LogP contribution >= 0.6 is 0 Å². The molecule has 1 heterocycles. The van der Waals surface area contributed by atoms with Crippen molar-refractivity contribution < 1.29 is 19.1 Å². The maximum atomic E-state index is 11.6. The molecule has 4 aromatic rings. The number of aldehydes is 2. The van der Waals surface area contributed by atoms with Crippen molar-refractivity contribution in [2.75, 3.05) is 0 Å². The summed E-state index contributed by atoms with van der Waals surface area (Å²) >= 11 is 0. The van der Waals surface area contributed by atoms with Gasteiger partial charge in [-0.2, -0.15) is 0 Å². The van der Waals surface area contributed by atoms with E-state index in [2.05, 4.69) is 0 Å². The largest absolute Gasteiger partial charge is 0.506 e. The van der Waals surface area contributed by atoms with Crippen LogP contribution < -0.4 is 0 Å². The van der Waals surface area contributed by atoms with Crippen molar-refractivity contribution in [3.8, 4) is 28.2 Å². The average molecular weight is 342 g/mol. The van der Waals surface area contributed by atoms with Gasteiger partial charge < -0.3 is 9.52 Å². The van der Waals surface area contributed by atoms with Crippen molar-refractivity contribution in [2.45, 2.75) is 0 Å². The van der Waals surface area contributed by atoms with E-state index < -0.39 is 0 Å². The fraction of sp³-hybridized carbons (Fsp3) is 0. The van der Waals surface area contributed by atoms with Crippen LogP contribution in [0.2, 0.25) is 0 Å².